The third-order valence-electron chi connectivity index (χ3n) is 2.70. The van der Waals surface area contributed by atoms with Crippen molar-refractivity contribution in [3.05, 3.63) is 32.7 Å². The van der Waals surface area contributed by atoms with Crippen molar-refractivity contribution in [3.8, 4) is 5.75 Å². The van der Waals surface area contributed by atoms with Gasteiger partial charge in [-0.1, -0.05) is 48.4 Å². The first-order valence-corrected chi connectivity index (χ1v) is 8.38. The van der Waals surface area contributed by atoms with Crippen LogP contribution < -0.4 is 10.1 Å². The summed E-state index contributed by atoms with van der Waals surface area (Å²) in [5.74, 6) is 0.0514. The number of anilines is 1. The first-order chi connectivity index (χ1) is 10.5. The Labute approximate surface area is 142 Å². The monoisotopic (exact) mass is 359 g/mol. The Morgan fingerprint density at radius 2 is 1.95 bits per heavy atom. The molecule has 0 bridgehead atoms. The van der Waals surface area contributed by atoms with Crippen molar-refractivity contribution in [1.29, 1.82) is 0 Å². The largest absolute Gasteiger partial charge is 0.490 e. The molecule has 1 N–H and O–H groups in total. The number of hydrogen-bond donors (Lipinski definition) is 1. The lowest BCUT2D eigenvalue weighted by Crippen LogP contribution is -2.12. The number of rotatable bonds is 6. The van der Waals surface area contributed by atoms with E-state index in [2.05, 4.69) is 15.5 Å². The Morgan fingerprint density at radius 3 is 2.50 bits per heavy atom. The van der Waals surface area contributed by atoms with Gasteiger partial charge >= 0.3 is 0 Å². The highest BCUT2D eigenvalue weighted by atomic mass is 35.5. The van der Waals surface area contributed by atoms with Gasteiger partial charge in [-0.2, -0.15) is 0 Å². The third kappa shape index (κ3) is 4.09. The Kier molecular flexibility index (Phi) is 5.99. The number of carbonyl (C=O) groups excluding carboxylic acids is 1. The van der Waals surface area contributed by atoms with E-state index in [-0.39, 0.29) is 5.91 Å². The minimum Gasteiger partial charge on any atom is -0.490 e. The smallest absolute Gasteiger partial charge is 0.257 e. The van der Waals surface area contributed by atoms with Gasteiger partial charge in [-0.3, -0.25) is 10.1 Å². The second kappa shape index (κ2) is 7.76. The van der Waals surface area contributed by atoms with Crippen LogP contribution in [0.2, 0.25) is 10.0 Å². The molecule has 0 radical (unpaired) electrons. The van der Waals surface area contributed by atoms with Crippen molar-refractivity contribution in [2.75, 3.05) is 11.9 Å². The molecule has 8 heteroatoms. The summed E-state index contributed by atoms with van der Waals surface area (Å²) in [5.41, 5.74) is 0.340. The summed E-state index contributed by atoms with van der Waals surface area (Å²) in [4.78, 5) is 12.2. The molecular formula is C14H15Cl2N3O2S. The van der Waals surface area contributed by atoms with Crippen LogP contribution in [0, 0.1) is 0 Å². The highest BCUT2D eigenvalue weighted by Gasteiger charge is 2.15. The number of aromatic nitrogens is 2. The van der Waals surface area contributed by atoms with Crippen LogP contribution in [0.25, 0.3) is 0 Å². The predicted octanol–water partition coefficient (Wildman–Crippen LogP) is 4.45. The molecule has 0 aliphatic heterocycles. The minimum absolute atomic E-state index is 0.303. The molecule has 0 saturated carbocycles. The molecule has 0 unspecified atom stereocenters. The maximum absolute atomic E-state index is 12.2. The van der Waals surface area contributed by atoms with Gasteiger partial charge in [-0.15, -0.1) is 10.2 Å². The van der Waals surface area contributed by atoms with E-state index in [1.165, 1.54) is 23.5 Å². The predicted molar refractivity (Wildman–Crippen MR) is 89.5 cm³/mol. The van der Waals surface area contributed by atoms with Gasteiger partial charge in [0, 0.05) is 5.56 Å². The van der Waals surface area contributed by atoms with E-state index >= 15 is 0 Å². The summed E-state index contributed by atoms with van der Waals surface area (Å²) < 4.78 is 5.47. The molecule has 2 rings (SSSR count). The molecule has 1 aromatic heterocycles. The third-order valence-corrected chi connectivity index (χ3v) is 4.25. The molecule has 0 aliphatic rings. The van der Waals surface area contributed by atoms with Crippen LogP contribution >= 0.6 is 34.5 Å². The van der Waals surface area contributed by atoms with Gasteiger partial charge in [0.15, 0.2) is 5.75 Å². The van der Waals surface area contributed by atoms with Crippen molar-refractivity contribution >= 4 is 45.6 Å². The lowest BCUT2D eigenvalue weighted by atomic mass is 10.2. The first-order valence-electron chi connectivity index (χ1n) is 6.80. The molecule has 1 heterocycles. The maximum Gasteiger partial charge on any atom is 0.257 e. The number of benzene rings is 1. The zero-order chi connectivity index (χ0) is 16.1. The van der Waals surface area contributed by atoms with Gasteiger partial charge in [0.1, 0.15) is 5.01 Å². The van der Waals surface area contributed by atoms with Gasteiger partial charge in [0.2, 0.25) is 5.13 Å². The highest BCUT2D eigenvalue weighted by Crippen LogP contribution is 2.34. The molecule has 0 spiro atoms. The number of hydrogen-bond acceptors (Lipinski definition) is 5. The molecule has 1 amide bonds. The number of nitrogens with one attached hydrogen (secondary N) is 1. The number of amides is 1. The van der Waals surface area contributed by atoms with Crippen LogP contribution in [0.1, 0.15) is 35.6 Å². The number of halogens is 2. The lowest BCUT2D eigenvalue weighted by Gasteiger charge is -2.10. The Bertz CT molecular complexity index is 653. The molecule has 0 atom stereocenters. The van der Waals surface area contributed by atoms with Crippen LogP contribution in [0.15, 0.2) is 12.1 Å². The summed E-state index contributed by atoms with van der Waals surface area (Å²) in [6, 6.07) is 3.05. The first kappa shape index (κ1) is 17.0. The molecule has 0 aliphatic carbocycles. The fourth-order valence-electron chi connectivity index (χ4n) is 1.65. The number of carbonyl (C=O) groups is 1. The zero-order valence-corrected chi connectivity index (χ0v) is 14.5. The molecule has 0 saturated heterocycles. The maximum atomic E-state index is 12.2. The Hall–Kier alpha value is -1.37. The average Bonchev–Trinajstić information content (AvgIpc) is 2.94. The second-order valence-corrected chi connectivity index (χ2v) is 6.30. The fourth-order valence-corrected chi connectivity index (χ4v) is 2.92. The molecule has 22 heavy (non-hydrogen) atoms. The summed E-state index contributed by atoms with van der Waals surface area (Å²) >= 11 is 13.6. The van der Waals surface area contributed by atoms with E-state index in [1.807, 2.05) is 13.8 Å². The number of ether oxygens (including phenoxy) is 1. The molecular weight excluding hydrogens is 345 g/mol. The van der Waals surface area contributed by atoms with Crippen molar-refractivity contribution in [2.24, 2.45) is 0 Å². The van der Waals surface area contributed by atoms with E-state index < -0.39 is 0 Å². The second-order valence-electron chi connectivity index (χ2n) is 4.43. The van der Waals surface area contributed by atoms with Crippen LogP contribution in [0.3, 0.4) is 0 Å². The summed E-state index contributed by atoms with van der Waals surface area (Å²) in [7, 11) is 0. The minimum atomic E-state index is -0.343. The van der Waals surface area contributed by atoms with E-state index in [0.717, 1.165) is 17.8 Å². The lowest BCUT2D eigenvalue weighted by molar-refractivity contribution is 0.102. The summed E-state index contributed by atoms with van der Waals surface area (Å²) in [6.07, 6.45) is 1.61. The van der Waals surface area contributed by atoms with Gasteiger partial charge in [-0.25, -0.2) is 0 Å². The topological polar surface area (TPSA) is 64.1 Å². The fraction of sp³-hybridized carbons (Fsp3) is 0.357. The summed E-state index contributed by atoms with van der Waals surface area (Å²) in [6.45, 7) is 4.46. The normalized spacial score (nSPS) is 10.5. The number of aryl methyl sites for hydroxylation is 1. The van der Waals surface area contributed by atoms with Gasteiger partial charge in [0.05, 0.1) is 16.7 Å². The van der Waals surface area contributed by atoms with Crippen LogP contribution in [0.4, 0.5) is 5.13 Å². The van der Waals surface area contributed by atoms with E-state index in [4.69, 9.17) is 27.9 Å². The summed E-state index contributed by atoms with van der Waals surface area (Å²) in [5, 5.41) is 12.4. The van der Waals surface area contributed by atoms with Gasteiger partial charge < -0.3 is 4.74 Å². The van der Waals surface area contributed by atoms with E-state index in [1.54, 1.807) is 0 Å². The number of nitrogens with zero attached hydrogens (tertiary/aromatic N) is 2. The van der Waals surface area contributed by atoms with E-state index in [0.29, 0.717) is 33.1 Å². The quantitative estimate of drug-likeness (QED) is 0.827. The average molecular weight is 360 g/mol. The van der Waals surface area contributed by atoms with Crippen LogP contribution in [-0.2, 0) is 6.42 Å². The van der Waals surface area contributed by atoms with Crippen LogP contribution in [-0.4, -0.2) is 22.7 Å². The van der Waals surface area contributed by atoms with Gasteiger partial charge in [0.25, 0.3) is 5.91 Å². The van der Waals surface area contributed by atoms with E-state index in [9.17, 15) is 4.79 Å². The SMILES string of the molecule is CCCOc1c(Cl)cc(C(=O)Nc2nnc(CC)s2)cc1Cl. The van der Waals surface area contributed by atoms with Gasteiger partial charge in [-0.05, 0) is 25.0 Å². The molecule has 118 valence electrons. The molecule has 2 aromatic rings. The molecule has 5 nitrogen and oxygen atoms in total. The molecule has 1 aromatic carbocycles. The van der Waals surface area contributed by atoms with Crippen molar-refractivity contribution in [1.82, 2.24) is 10.2 Å². The van der Waals surface area contributed by atoms with Crippen LogP contribution in [0.5, 0.6) is 5.75 Å². The molecule has 0 fully saturated rings. The van der Waals surface area contributed by atoms with Crippen molar-refractivity contribution in [3.63, 3.8) is 0 Å². The zero-order valence-electron chi connectivity index (χ0n) is 12.2. The standard InChI is InChI=1S/C14H15Cl2N3O2S/c1-3-5-21-12-9(15)6-8(7-10(12)16)13(20)17-14-19-18-11(4-2)22-14/h6-7H,3-5H2,1-2H3,(H,17,19,20). The van der Waals surface area contributed by atoms with Crippen molar-refractivity contribution < 1.29 is 9.53 Å². The van der Waals surface area contributed by atoms with Crippen molar-refractivity contribution in [2.45, 2.75) is 26.7 Å². The Morgan fingerprint density at radius 1 is 1.27 bits per heavy atom. The Balaban J connectivity index is 2.16. The highest BCUT2D eigenvalue weighted by molar-refractivity contribution is 7.15.